The van der Waals surface area contributed by atoms with Gasteiger partial charge in [0.15, 0.2) is 0 Å². The third-order valence-electron chi connectivity index (χ3n) is 3.54. The zero-order valence-electron chi connectivity index (χ0n) is 12.5. The zero-order valence-corrected chi connectivity index (χ0v) is 12.5. The molecule has 0 aromatic carbocycles. The Kier molecular flexibility index (Phi) is 4.02. The lowest BCUT2D eigenvalue weighted by molar-refractivity contribution is 0.121. The summed E-state index contributed by atoms with van der Waals surface area (Å²) in [6, 6.07) is 1.33. The Morgan fingerprint density at radius 2 is 1.95 bits per heavy atom. The molecular formula is C14H17F2N5O. The van der Waals surface area contributed by atoms with Gasteiger partial charge in [-0.15, -0.1) is 0 Å². The highest BCUT2D eigenvalue weighted by Crippen LogP contribution is 2.27. The van der Waals surface area contributed by atoms with Crippen LogP contribution in [0.4, 0.5) is 14.7 Å². The first-order valence-corrected chi connectivity index (χ1v) is 7.05. The summed E-state index contributed by atoms with van der Waals surface area (Å²) in [6.45, 7) is 4.11. The minimum Gasteiger partial charge on any atom is -0.378 e. The number of aryl methyl sites for hydroxylation is 2. The first-order valence-electron chi connectivity index (χ1n) is 7.05. The van der Waals surface area contributed by atoms with Crippen molar-refractivity contribution in [2.24, 2.45) is 7.05 Å². The van der Waals surface area contributed by atoms with Crippen LogP contribution in [0.1, 0.15) is 17.8 Å². The number of hydrogen-bond donors (Lipinski definition) is 0. The van der Waals surface area contributed by atoms with Crippen molar-refractivity contribution in [1.82, 2.24) is 19.7 Å². The SMILES string of the molecule is Cc1nn(C)cc1-c1cc(C(F)F)nc(N2CCOCC2)n1. The maximum absolute atomic E-state index is 13.2. The van der Waals surface area contributed by atoms with Gasteiger partial charge >= 0.3 is 0 Å². The average molecular weight is 309 g/mol. The minimum absolute atomic E-state index is 0.269. The fraction of sp³-hybridized carbons (Fsp3) is 0.500. The molecule has 2 aromatic rings. The minimum atomic E-state index is -2.64. The Hall–Kier alpha value is -2.09. The van der Waals surface area contributed by atoms with E-state index in [4.69, 9.17) is 4.74 Å². The van der Waals surface area contributed by atoms with Crippen molar-refractivity contribution in [3.63, 3.8) is 0 Å². The third kappa shape index (κ3) is 2.92. The Morgan fingerprint density at radius 3 is 2.55 bits per heavy atom. The predicted octanol–water partition coefficient (Wildman–Crippen LogP) is 1.96. The van der Waals surface area contributed by atoms with E-state index in [0.29, 0.717) is 37.9 Å². The van der Waals surface area contributed by atoms with Crippen molar-refractivity contribution >= 4 is 5.95 Å². The quantitative estimate of drug-likeness (QED) is 0.867. The van der Waals surface area contributed by atoms with E-state index in [1.54, 1.807) is 17.9 Å². The summed E-state index contributed by atoms with van der Waals surface area (Å²) in [5, 5.41) is 4.24. The molecular weight excluding hydrogens is 292 g/mol. The molecule has 3 rings (SSSR count). The average Bonchev–Trinajstić information content (AvgIpc) is 2.86. The largest absolute Gasteiger partial charge is 0.378 e. The van der Waals surface area contributed by atoms with Gasteiger partial charge in [-0.2, -0.15) is 5.10 Å². The van der Waals surface area contributed by atoms with Gasteiger partial charge in [0.25, 0.3) is 6.43 Å². The van der Waals surface area contributed by atoms with Crippen LogP contribution in [0.3, 0.4) is 0 Å². The summed E-state index contributed by atoms with van der Waals surface area (Å²) in [7, 11) is 1.79. The molecule has 6 nitrogen and oxygen atoms in total. The Balaban J connectivity index is 2.05. The molecule has 0 N–H and O–H groups in total. The highest BCUT2D eigenvalue weighted by atomic mass is 19.3. The second-order valence-electron chi connectivity index (χ2n) is 5.18. The molecule has 3 heterocycles. The lowest BCUT2D eigenvalue weighted by Gasteiger charge is -2.27. The van der Waals surface area contributed by atoms with Gasteiger partial charge in [-0.25, -0.2) is 18.7 Å². The van der Waals surface area contributed by atoms with Gasteiger partial charge in [0.1, 0.15) is 5.69 Å². The standard InChI is InChI=1S/C14H17F2N5O/c1-9-10(8-20(2)19-9)11-7-12(13(15)16)18-14(17-11)21-3-5-22-6-4-21/h7-8,13H,3-6H2,1-2H3. The lowest BCUT2D eigenvalue weighted by atomic mass is 10.1. The lowest BCUT2D eigenvalue weighted by Crippen LogP contribution is -2.37. The van der Waals surface area contributed by atoms with E-state index >= 15 is 0 Å². The van der Waals surface area contributed by atoms with Crippen LogP contribution in [-0.4, -0.2) is 46.1 Å². The van der Waals surface area contributed by atoms with Crippen molar-refractivity contribution in [2.45, 2.75) is 13.3 Å². The summed E-state index contributed by atoms with van der Waals surface area (Å²) in [5.41, 5.74) is 1.68. The van der Waals surface area contributed by atoms with E-state index in [9.17, 15) is 8.78 Å². The van der Waals surface area contributed by atoms with Crippen molar-refractivity contribution in [2.75, 3.05) is 31.2 Å². The van der Waals surface area contributed by atoms with Crippen LogP contribution in [0.25, 0.3) is 11.3 Å². The molecule has 8 heteroatoms. The second-order valence-corrected chi connectivity index (χ2v) is 5.18. The van der Waals surface area contributed by atoms with Crippen molar-refractivity contribution in [3.05, 3.63) is 23.7 Å². The predicted molar refractivity (Wildman–Crippen MR) is 77.0 cm³/mol. The van der Waals surface area contributed by atoms with Crippen molar-refractivity contribution in [3.8, 4) is 11.3 Å². The zero-order chi connectivity index (χ0) is 15.7. The highest BCUT2D eigenvalue weighted by molar-refractivity contribution is 5.62. The van der Waals surface area contributed by atoms with Gasteiger partial charge in [-0.1, -0.05) is 0 Å². The van der Waals surface area contributed by atoms with Crippen LogP contribution in [0, 0.1) is 6.92 Å². The summed E-state index contributed by atoms with van der Waals surface area (Å²) in [6.07, 6.45) is -0.866. The third-order valence-corrected chi connectivity index (χ3v) is 3.54. The van der Waals surface area contributed by atoms with Gasteiger partial charge in [0.05, 0.1) is 24.6 Å². The molecule has 0 atom stereocenters. The van der Waals surface area contributed by atoms with Crippen molar-refractivity contribution in [1.29, 1.82) is 0 Å². The van der Waals surface area contributed by atoms with E-state index in [1.165, 1.54) is 6.07 Å². The molecule has 1 aliphatic heterocycles. The second kappa shape index (κ2) is 5.96. The molecule has 0 saturated carbocycles. The normalized spacial score (nSPS) is 15.6. The van der Waals surface area contributed by atoms with E-state index in [0.717, 1.165) is 11.3 Å². The van der Waals surface area contributed by atoms with Gasteiger partial charge in [0, 0.05) is 31.9 Å². The summed E-state index contributed by atoms with van der Waals surface area (Å²) in [4.78, 5) is 10.3. The Morgan fingerprint density at radius 1 is 1.23 bits per heavy atom. The number of morpholine rings is 1. The molecule has 1 aliphatic rings. The first kappa shape index (κ1) is 14.8. The maximum atomic E-state index is 13.2. The van der Waals surface area contributed by atoms with Crippen molar-refractivity contribution < 1.29 is 13.5 Å². The number of ether oxygens (including phenoxy) is 1. The maximum Gasteiger partial charge on any atom is 0.280 e. The van der Waals surface area contributed by atoms with E-state index in [2.05, 4.69) is 15.1 Å². The highest BCUT2D eigenvalue weighted by Gasteiger charge is 2.20. The first-order chi connectivity index (χ1) is 10.5. The monoisotopic (exact) mass is 309 g/mol. The van der Waals surface area contributed by atoms with Crippen LogP contribution in [0.2, 0.25) is 0 Å². The van der Waals surface area contributed by atoms with Crippen LogP contribution in [0.5, 0.6) is 0 Å². The molecule has 0 radical (unpaired) electrons. The topological polar surface area (TPSA) is 56.1 Å². The summed E-state index contributed by atoms with van der Waals surface area (Å²) < 4.78 is 33.2. The van der Waals surface area contributed by atoms with Gasteiger partial charge in [-0.05, 0) is 13.0 Å². The fourth-order valence-corrected chi connectivity index (χ4v) is 2.46. The molecule has 118 valence electrons. The number of halogens is 2. The number of anilines is 1. The smallest absolute Gasteiger partial charge is 0.280 e. The molecule has 0 spiro atoms. The number of rotatable bonds is 3. The van der Waals surface area contributed by atoms with E-state index < -0.39 is 6.43 Å². The molecule has 0 amide bonds. The van der Waals surface area contributed by atoms with Gasteiger partial charge in [-0.3, -0.25) is 4.68 Å². The molecule has 0 aliphatic carbocycles. The molecule has 0 bridgehead atoms. The number of nitrogens with zero attached hydrogens (tertiary/aromatic N) is 5. The summed E-state index contributed by atoms with van der Waals surface area (Å²) in [5.74, 6) is 0.319. The number of alkyl halides is 2. The number of aromatic nitrogens is 4. The van der Waals surface area contributed by atoms with Crippen LogP contribution < -0.4 is 4.90 Å². The molecule has 1 saturated heterocycles. The summed E-state index contributed by atoms with van der Waals surface area (Å²) >= 11 is 0. The molecule has 0 unspecified atom stereocenters. The fourth-order valence-electron chi connectivity index (χ4n) is 2.46. The Labute approximate surface area is 126 Å². The van der Waals surface area contributed by atoms with Gasteiger partial charge in [0.2, 0.25) is 5.95 Å². The molecule has 1 fully saturated rings. The van der Waals surface area contributed by atoms with Crippen LogP contribution in [0.15, 0.2) is 12.3 Å². The van der Waals surface area contributed by atoms with Crippen LogP contribution >= 0.6 is 0 Å². The van der Waals surface area contributed by atoms with Crippen LogP contribution in [-0.2, 0) is 11.8 Å². The van der Waals surface area contributed by atoms with E-state index in [1.807, 2.05) is 11.8 Å². The molecule has 2 aromatic heterocycles. The Bertz CT molecular complexity index is 667. The van der Waals surface area contributed by atoms with Gasteiger partial charge < -0.3 is 9.64 Å². The molecule has 22 heavy (non-hydrogen) atoms. The van der Waals surface area contributed by atoms with E-state index in [-0.39, 0.29) is 5.69 Å². The number of hydrogen-bond acceptors (Lipinski definition) is 5.